The van der Waals surface area contributed by atoms with Crippen LogP contribution in [0.4, 0.5) is 11.4 Å². The number of nitrogens with two attached hydrogens (primary N) is 1. The standard InChI is InChI=1S/C14H20N2O2/c1-9-5-6-12(15)14(10(9)2)16-13(17)8-11-4-3-7-18-11/h5-6,11H,3-4,7-8,15H2,1-2H3,(H,16,17). The number of amides is 1. The summed E-state index contributed by atoms with van der Waals surface area (Å²) >= 11 is 0. The first-order chi connectivity index (χ1) is 8.58. The van der Waals surface area contributed by atoms with Crippen LogP contribution < -0.4 is 11.1 Å². The van der Waals surface area contributed by atoms with Crippen molar-refractivity contribution in [3.63, 3.8) is 0 Å². The molecule has 98 valence electrons. The molecule has 0 saturated carbocycles. The first-order valence-corrected chi connectivity index (χ1v) is 6.35. The Morgan fingerprint density at radius 3 is 2.94 bits per heavy atom. The van der Waals surface area contributed by atoms with Gasteiger partial charge in [0.15, 0.2) is 0 Å². The average molecular weight is 248 g/mol. The first kappa shape index (κ1) is 12.9. The molecule has 0 aromatic heterocycles. The number of aryl methyl sites for hydroxylation is 1. The van der Waals surface area contributed by atoms with Crippen LogP contribution in [-0.4, -0.2) is 18.6 Å². The highest BCUT2D eigenvalue weighted by Gasteiger charge is 2.20. The van der Waals surface area contributed by atoms with Crippen molar-refractivity contribution in [3.05, 3.63) is 23.3 Å². The van der Waals surface area contributed by atoms with Gasteiger partial charge >= 0.3 is 0 Å². The number of ether oxygens (including phenoxy) is 1. The van der Waals surface area contributed by atoms with E-state index >= 15 is 0 Å². The van der Waals surface area contributed by atoms with Gasteiger partial charge in [-0.1, -0.05) is 6.07 Å². The third kappa shape index (κ3) is 2.82. The van der Waals surface area contributed by atoms with E-state index in [1.807, 2.05) is 26.0 Å². The SMILES string of the molecule is Cc1ccc(N)c(NC(=O)CC2CCCO2)c1C. The minimum absolute atomic E-state index is 0.0256. The van der Waals surface area contributed by atoms with Gasteiger partial charge in [0.2, 0.25) is 5.91 Å². The van der Waals surface area contributed by atoms with Gasteiger partial charge in [0.1, 0.15) is 0 Å². The number of nitrogen functional groups attached to an aromatic ring is 1. The van der Waals surface area contributed by atoms with Crippen molar-refractivity contribution in [1.29, 1.82) is 0 Å². The molecule has 1 unspecified atom stereocenters. The van der Waals surface area contributed by atoms with E-state index in [1.54, 1.807) is 0 Å². The molecule has 4 heteroatoms. The molecule has 1 aromatic carbocycles. The number of carbonyl (C=O) groups is 1. The highest BCUT2D eigenvalue weighted by atomic mass is 16.5. The van der Waals surface area contributed by atoms with Crippen molar-refractivity contribution in [2.75, 3.05) is 17.7 Å². The molecule has 1 atom stereocenters. The first-order valence-electron chi connectivity index (χ1n) is 6.35. The van der Waals surface area contributed by atoms with Gasteiger partial charge in [-0.05, 0) is 43.9 Å². The summed E-state index contributed by atoms with van der Waals surface area (Å²) in [4.78, 5) is 11.9. The number of hydrogen-bond donors (Lipinski definition) is 2. The Kier molecular flexibility index (Phi) is 3.87. The van der Waals surface area contributed by atoms with Crippen LogP contribution >= 0.6 is 0 Å². The van der Waals surface area contributed by atoms with Gasteiger partial charge in [-0.3, -0.25) is 4.79 Å². The molecule has 1 aromatic rings. The Bertz CT molecular complexity index is 451. The Morgan fingerprint density at radius 1 is 1.50 bits per heavy atom. The van der Waals surface area contributed by atoms with Crippen molar-refractivity contribution < 1.29 is 9.53 Å². The second-order valence-electron chi connectivity index (χ2n) is 4.86. The largest absolute Gasteiger partial charge is 0.397 e. The number of benzene rings is 1. The normalized spacial score (nSPS) is 18.9. The fraction of sp³-hybridized carbons (Fsp3) is 0.500. The molecule has 1 heterocycles. The minimum atomic E-state index is -0.0256. The van der Waals surface area contributed by atoms with E-state index in [2.05, 4.69) is 5.32 Å². The molecule has 1 fully saturated rings. The number of rotatable bonds is 3. The molecule has 0 spiro atoms. The molecule has 3 N–H and O–H groups in total. The second kappa shape index (κ2) is 5.40. The average Bonchev–Trinajstić information content (AvgIpc) is 2.82. The molecule has 4 nitrogen and oxygen atoms in total. The van der Waals surface area contributed by atoms with Gasteiger partial charge in [0.05, 0.1) is 23.9 Å². The molecule has 2 rings (SSSR count). The smallest absolute Gasteiger partial charge is 0.227 e. The van der Waals surface area contributed by atoms with E-state index in [4.69, 9.17) is 10.5 Å². The van der Waals surface area contributed by atoms with Crippen LogP contribution in [0.1, 0.15) is 30.4 Å². The van der Waals surface area contributed by atoms with E-state index in [9.17, 15) is 4.79 Å². The molecule has 0 bridgehead atoms. The summed E-state index contributed by atoms with van der Waals surface area (Å²) in [5.74, 6) is -0.0256. The molecule has 1 aliphatic rings. The zero-order valence-corrected chi connectivity index (χ0v) is 11.0. The number of nitrogens with one attached hydrogen (secondary N) is 1. The van der Waals surface area contributed by atoms with Gasteiger partial charge < -0.3 is 15.8 Å². The highest BCUT2D eigenvalue weighted by molar-refractivity contribution is 5.95. The van der Waals surface area contributed by atoms with Crippen molar-refractivity contribution in [1.82, 2.24) is 0 Å². The fourth-order valence-corrected chi connectivity index (χ4v) is 2.21. The Hall–Kier alpha value is -1.55. The Balaban J connectivity index is 2.04. The Morgan fingerprint density at radius 2 is 2.28 bits per heavy atom. The summed E-state index contributed by atoms with van der Waals surface area (Å²) < 4.78 is 5.45. The lowest BCUT2D eigenvalue weighted by molar-refractivity contribution is -0.118. The maximum absolute atomic E-state index is 11.9. The van der Waals surface area contributed by atoms with Gasteiger partial charge in [-0.15, -0.1) is 0 Å². The van der Waals surface area contributed by atoms with E-state index in [0.29, 0.717) is 12.1 Å². The van der Waals surface area contributed by atoms with E-state index in [-0.39, 0.29) is 12.0 Å². The molecule has 1 saturated heterocycles. The monoisotopic (exact) mass is 248 g/mol. The maximum Gasteiger partial charge on any atom is 0.227 e. The van der Waals surface area contributed by atoms with Crippen LogP contribution in [0.25, 0.3) is 0 Å². The third-order valence-electron chi connectivity index (χ3n) is 3.47. The van der Waals surface area contributed by atoms with Crippen molar-refractivity contribution in [2.24, 2.45) is 0 Å². The molecule has 0 aliphatic carbocycles. The summed E-state index contributed by atoms with van der Waals surface area (Å²) in [5, 5.41) is 2.90. The summed E-state index contributed by atoms with van der Waals surface area (Å²) in [7, 11) is 0. The quantitative estimate of drug-likeness (QED) is 0.807. The molecule has 1 aliphatic heterocycles. The lowest BCUT2D eigenvalue weighted by atomic mass is 10.1. The zero-order valence-electron chi connectivity index (χ0n) is 11.0. The van der Waals surface area contributed by atoms with Crippen LogP contribution in [0.3, 0.4) is 0 Å². The molecule has 1 amide bonds. The fourth-order valence-electron chi connectivity index (χ4n) is 2.21. The lowest BCUT2D eigenvalue weighted by Gasteiger charge is -2.15. The van der Waals surface area contributed by atoms with Crippen LogP contribution in [0.2, 0.25) is 0 Å². The third-order valence-corrected chi connectivity index (χ3v) is 3.47. The number of carbonyl (C=O) groups excluding carboxylic acids is 1. The van der Waals surface area contributed by atoms with Gasteiger partial charge in [0.25, 0.3) is 0 Å². The highest BCUT2D eigenvalue weighted by Crippen LogP contribution is 2.26. The van der Waals surface area contributed by atoms with Gasteiger partial charge in [-0.25, -0.2) is 0 Å². The number of anilines is 2. The predicted octanol–water partition coefficient (Wildman–Crippen LogP) is 2.39. The van der Waals surface area contributed by atoms with Gasteiger partial charge in [0, 0.05) is 6.61 Å². The van der Waals surface area contributed by atoms with Crippen LogP contribution in [0.15, 0.2) is 12.1 Å². The summed E-state index contributed by atoms with van der Waals surface area (Å²) in [6, 6.07) is 3.78. The van der Waals surface area contributed by atoms with Crippen molar-refractivity contribution in [2.45, 2.75) is 39.2 Å². The predicted molar refractivity (Wildman–Crippen MR) is 72.5 cm³/mol. The lowest BCUT2D eigenvalue weighted by Crippen LogP contribution is -2.20. The zero-order chi connectivity index (χ0) is 13.1. The van der Waals surface area contributed by atoms with Crippen LogP contribution in [0.5, 0.6) is 0 Å². The molecule has 18 heavy (non-hydrogen) atoms. The molecular weight excluding hydrogens is 228 g/mol. The maximum atomic E-state index is 11.9. The Labute approximate surface area is 108 Å². The van der Waals surface area contributed by atoms with Crippen molar-refractivity contribution in [3.8, 4) is 0 Å². The molecular formula is C14H20N2O2. The summed E-state index contributed by atoms with van der Waals surface area (Å²) in [6.45, 7) is 4.74. The number of hydrogen-bond acceptors (Lipinski definition) is 3. The summed E-state index contributed by atoms with van der Waals surface area (Å²) in [6.07, 6.45) is 2.49. The van der Waals surface area contributed by atoms with E-state index < -0.39 is 0 Å². The van der Waals surface area contributed by atoms with E-state index in [0.717, 1.165) is 36.3 Å². The van der Waals surface area contributed by atoms with Crippen molar-refractivity contribution >= 4 is 17.3 Å². The van der Waals surface area contributed by atoms with Crippen LogP contribution in [-0.2, 0) is 9.53 Å². The summed E-state index contributed by atoms with van der Waals surface area (Å²) in [5.41, 5.74) is 9.39. The van der Waals surface area contributed by atoms with Crippen LogP contribution in [0, 0.1) is 13.8 Å². The van der Waals surface area contributed by atoms with E-state index in [1.165, 1.54) is 0 Å². The topological polar surface area (TPSA) is 64.3 Å². The van der Waals surface area contributed by atoms with Gasteiger partial charge in [-0.2, -0.15) is 0 Å². The second-order valence-corrected chi connectivity index (χ2v) is 4.86. The molecule has 0 radical (unpaired) electrons. The minimum Gasteiger partial charge on any atom is -0.397 e.